The van der Waals surface area contributed by atoms with Crippen LogP contribution in [0.4, 0.5) is 0 Å². The van der Waals surface area contributed by atoms with Crippen molar-refractivity contribution in [3.05, 3.63) is 71.6 Å². The van der Waals surface area contributed by atoms with E-state index in [1.165, 1.54) is 6.08 Å². The number of imidazole rings is 1. The molecule has 0 fully saturated rings. The summed E-state index contributed by atoms with van der Waals surface area (Å²) >= 11 is 0. The van der Waals surface area contributed by atoms with Gasteiger partial charge in [0.05, 0.1) is 24.0 Å². The van der Waals surface area contributed by atoms with Crippen molar-refractivity contribution in [1.29, 1.82) is 0 Å². The number of rotatable bonds is 6. The van der Waals surface area contributed by atoms with Crippen LogP contribution >= 0.6 is 0 Å². The molecular weight excluding hydrogens is 344 g/mol. The van der Waals surface area contributed by atoms with Crippen molar-refractivity contribution in [3.63, 3.8) is 0 Å². The molecule has 0 unspecified atom stereocenters. The second-order valence-electron chi connectivity index (χ2n) is 6.08. The van der Waals surface area contributed by atoms with E-state index in [4.69, 9.17) is 5.21 Å². The standard InChI is InChI=1S/C20H20N4O3/c1-24-17-9-7-15(8-10-19(25)23-27)11-16(17)22-18(24)13-21-20(26)12-14-5-3-2-4-6-14/h2-11,27H,12-13H2,1H3,(H,21,26)(H,23,25)/b10-8+. The minimum atomic E-state index is -0.599. The number of aryl methyl sites for hydroxylation is 1. The van der Waals surface area contributed by atoms with Crippen molar-refractivity contribution in [1.82, 2.24) is 20.3 Å². The zero-order valence-electron chi connectivity index (χ0n) is 14.8. The van der Waals surface area contributed by atoms with E-state index < -0.39 is 5.91 Å². The molecule has 1 aromatic heterocycles. The van der Waals surface area contributed by atoms with E-state index in [0.29, 0.717) is 13.0 Å². The largest absolute Gasteiger partial charge is 0.349 e. The minimum Gasteiger partial charge on any atom is -0.349 e. The van der Waals surface area contributed by atoms with Crippen LogP contribution in [0.1, 0.15) is 17.0 Å². The number of hydroxylamine groups is 1. The highest BCUT2D eigenvalue weighted by Crippen LogP contribution is 2.17. The lowest BCUT2D eigenvalue weighted by Gasteiger charge is -2.06. The maximum atomic E-state index is 12.1. The molecule has 0 spiro atoms. The van der Waals surface area contributed by atoms with E-state index >= 15 is 0 Å². The molecule has 2 amide bonds. The van der Waals surface area contributed by atoms with Crippen LogP contribution in [0.2, 0.25) is 0 Å². The molecule has 1 heterocycles. The highest BCUT2D eigenvalue weighted by Gasteiger charge is 2.10. The lowest BCUT2D eigenvalue weighted by atomic mass is 10.1. The average Bonchev–Trinajstić information content (AvgIpc) is 3.00. The van der Waals surface area contributed by atoms with Gasteiger partial charge >= 0.3 is 0 Å². The first kappa shape index (κ1) is 18.3. The van der Waals surface area contributed by atoms with Gasteiger partial charge in [-0.3, -0.25) is 14.8 Å². The molecule has 0 aliphatic rings. The molecule has 0 radical (unpaired) electrons. The fraction of sp³-hybridized carbons (Fsp3) is 0.150. The van der Waals surface area contributed by atoms with Gasteiger partial charge in [0, 0.05) is 13.1 Å². The predicted molar refractivity (Wildman–Crippen MR) is 102 cm³/mol. The second-order valence-corrected chi connectivity index (χ2v) is 6.08. The van der Waals surface area contributed by atoms with Gasteiger partial charge in [0.25, 0.3) is 5.91 Å². The van der Waals surface area contributed by atoms with Gasteiger partial charge in [-0.05, 0) is 29.3 Å². The number of hydrogen-bond acceptors (Lipinski definition) is 4. The predicted octanol–water partition coefficient (Wildman–Crippen LogP) is 1.95. The van der Waals surface area contributed by atoms with E-state index in [1.54, 1.807) is 11.6 Å². The Morgan fingerprint density at radius 3 is 2.70 bits per heavy atom. The Labute approximate surface area is 156 Å². The maximum Gasteiger partial charge on any atom is 0.267 e. The van der Waals surface area contributed by atoms with Crippen molar-refractivity contribution >= 4 is 28.9 Å². The molecule has 7 nitrogen and oxygen atoms in total. The van der Waals surface area contributed by atoms with Crippen molar-refractivity contribution < 1.29 is 14.8 Å². The van der Waals surface area contributed by atoms with Crippen LogP contribution in [-0.4, -0.2) is 26.6 Å². The summed E-state index contributed by atoms with van der Waals surface area (Å²) in [6, 6.07) is 15.2. The van der Waals surface area contributed by atoms with Gasteiger partial charge in [0.2, 0.25) is 5.91 Å². The Kier molecular flexibility index (Phi) is 5.63. The summed E-state index contributed by atoms with van der Waals surface area (Å²) in [7, 11) is 1.89. The Hall–Kier alpha value is -3.45. The summed E-state index contributed by atoms with van der Waals surface area (Å²) in [6.45, 7) is 0.328. The zero-order valence-corrected chi connectivity index (χ0v) is 14.8. The van der Waals surface area contributed by atoms with E-state index in [0.717, 1.165) is 28.0 Å². The van der Waals surface area contributed by atoms with Gasteiger partial charge in [-0.1, -0.05) is 36.4 Å². The first-order valence-corrected chi connectivity index (χ1v) is 8.45. The van der Waals surface area contributed by atoms with Gasteiger partial charge in [-0.2, -0.15) is 0 Å². The number of benzene rings is 2. The monoisotopic (exact) mass is 364 g/mol. The van der Waals surface area contributed by atoms with Crippen LogP contribution in [0, 0.1) is 0 Å². The molecule has 0 aliphatic heterocycles. The Morgan fingerprint density at radius 2 is 1.96 bits per heavy atom. The molecule has 3 rings (SSSR count). The molecule has 7 heteroatoms. The highest BCUT2D eigenvalue weighted by atomic mass is 16.5. The SMILES string of the molecule is Cn1c(CNC(=O)Cc2ccccc2)nc2cc(/C=C/C(=O)NO)ccc21. The molecule has 0 saturated heterocycles. The molecule has 3 aromatic rings. The normalized spacial score (nSPS) is 11.0. The molecule has 3 N–H and O–H groups in total. The number of aromatic nitrogens is 2. The number of fused-ring (bicyclic) bond motifs is 1. The molecule has 0 aliphatic carbocycles. The number of amides is 2. The Balaban J connectivity index is 1.69. The molecule has 0 saturated carbocycles. The topological polar surface area (TPSA) is 96.2 Å². The lowest BCUT2D eigenvalue weighted by Crippen LogP contribution is -2.25. The third-order valence-corrected chi connectivity index (χ3v) is 4.19. The van der Waals surface area contributed by atoms with Crippen LogP contribution in [0.25, 0.3) is 17.1 Å². The van der Waals surface area contributed by atoms with Gasteiger partial charge < -0.3 is 9.88 Å². The molecule has 138 valence electrons. The van der Waals surface area contributed by atoms with E-state index in [1.807, 2.05) is 60.1 Å². The fourth-order valence-corrected chi connectivity index (χ4v) is 2.76. The maximum absolute atomic E-state index is 12.1. The van der Waals surface area contributed by atoms with Crippen LogP contribution in [0.3, 0.4) is 0 Å². The van der Waals surface area contributed by atoms with Gasteiger partial charge in [-0.25, -0.2) is 10.5 Å². The summed E-state index contributed by atoms with van der Waals surface area (Å²) in [6.07, 6.45) is 3.14. The van der Waals surface area contributed by atoms with E-state index in [2.05, 4.69) is 10.3 Å². The lowest BCUT2D eigenvalue weighted by molar-refractivity contribution is -0.124. The van der Waals surface area contributed by atoms with Crippen molar-refractivity contribution in [2.24, 2.45) is 7.05 Å². The first-order chi connectivity index (χ1) is 13.1. The minimum absolute atomic E-state index is 0.0631. The third kappa shape index (κ3) is 4.59. The molecule has 27 heavy (non-hydrogen) atoms. The summed E-state index contributed by atoms with van der Waals surface area (Å²) < 4.78 is 1.92. The Bertz CT molecular complexity index is 993. The van der Waals surface area contributed by atoms with E-state index in [9.17, 15) is 9.59 Å². The van der Waals surface area contributed by atoms with Gasteiger partial charge in [-0.15, -0.1) is 0 Å². The fourth-order valence-electron chi connectivity index (χ4n) is 2.76. The molecule has 0 bridgehead atoms. The van der Waals surface area contributed by atoms with E-state index in [-0.39, 0.29) is 5.91 Å². The van der Waals surface area contributed by atoms with Crippen molar-refractivity contribution in [2.45, 2.75) is 13.0 Å². The number of nitrogens with one attached hydrogen (secondary N) is 2. The molecular formula is C20H20N4O3. The average molecular weight is 364 g/mol. The number of nitrogens with zero attached hydrogens (tertiary/aromatic N) is 2. The molecule has 0 atom stereocenters. The van der Waals surface area contributed by atoms with Crippen molar-refractivity contribution in [2.75, 3.05) is 0 Å². The third-order valence-electron chi connectivity index (χ3n) is 4.19. The quantitative estimate of drug-likeness (QED) is 0.354. The Morgan fingerprint density at radius 1 is 1.19 bits per heavy atom. The second kappa shape index (κ2) is 8.29. The smallest absolute Gasteiger partial charge is 0.267 e. The summed E-state index contributed by atoms with van der Waals surface area (Å²) in [5.41, 5.74) is 4.97. The van der Waals surface area contributed by atoms with Crippen LogP contribution in [0.15, 0.2) is 54.6 Å². The summed E-state index contributed by atoms with van der Waals surface area (Å²) in [5.74, 6) is 0.0745. The number of hydrogen-bond donors (Lipinski definition) is 3. The summed E-state index contributed by atoms with van der Waals surface area (Å²) in [5, 5.41) is 11.4. The van der Waals surface area contributed by atoms with Crippen molar-refractivity contribution in [3.8, 4) is 0 Å². The first-order valence-electron chi connectivity index (χ1n) is 8.45. The number of carbonyl (C=O) groups excluding carboxylic acids is 2. The van der Waals surface area contributed by atoms with Crippen LogP contribution in [-0.2, 0) is 29.6 Å². The summed E-state index contributed by atoms with van der Waals surface area (Å²) in [4.78, 5) is 27.8. The highest BCUT2D eigenvalue weighted by molar-refractivity contribution is 5.91. The van der Waals surface area contributed by atoms with Gasteiger partial charge in [0.1, 0.15) is 5.82 Å². The van der Waals surface area contributed by atoms with Crippen LogP contribution in [0.5, 0.6) is 0 Å². The van der Waals surface area contributed by atoms with Gasteiger partial charge in [0.15, 0.2) is 0 Å². The zero-order chi connectivity index (χ0) is 19.2. The molecule has 2 aromatic carbocycles. The number of carbonyl (C=O) groups is 2. The van der Waals surface area contributed by atoms with Crippen LogP contribution < -0.4 is 10.8 Å².